The molecule has 0 fully saturated rings. The van der Waals surface area contributed by atoms with Crippen LogP contribution >= 0.6 is 11.3 Å². The van der Waals surface area contributed by atoms with Crippen LogP contribution in [0.2, 0.25) is 0 Å². The summed E-state index contributed by atoms with van der Waals surface area (Å²) < 4.78 is 2.09. The van der Waals surface area contributed by atoms with Crippen molar-refractivity contribution in [3.63, 3.8) is 0 Å². The van der Waals surface area contributed by atoms with Crippen molar-refractivity contribution < 1.29 is 0 Å². The van der Waals surface area contributed by atoms with Gasteiger partial charge in [-0.05, 0) is 36.8 Å². The van der Waals surface area contributed by atoms with Gasteiger partial charge in [0.2, 0.25) is 0 Å². The van der Waals surface area contributed by atoms with Crippen LogP contribution in [0.1, 0.15) is 36.5 Å². The van der Waals surface area contributed by atoms with Crippen molar-refractivity contribution in [1.29, 1.82) is 0 Å². The zero-order chi connectivity index (χ0) is 21.0. The predicted octanol–water partition coefficient (Wildman–Crippen LogP) is 3.70. The van der Waals surface area contributed by atoms with E-state index in [2.05, 4.69) is 87.1 Å². The molecule has 2 aromatic heterocycles. The molecule has 0 amide bonds. The molecule has 0 aliphatic rings. The molecule has 30 heavy (non-hydrogen) atoms. The second-order valence-corrected chi connectivity index (χ2v) is 8.38. The summed E-state index contributed by atoms with van der Waals surface area (Å²) in [6, 6.07) is 15.2. The molecule has 0 saturated heterocycles. The van der Waals surface area contributed by atoms with E-state index in [1.165, 1.54) is 10.4 Å². The van der Waals surface area contributed by atoms with Crippen LogP contribution in [0, 0.1) is 0 Å². The fourth-order valence-corrected chi connectivity index (χ4v) is 3.95. The van der Waals surface area contributed by atoms with Crippen LogP contribution in [0.15, 0.2) is 59.2 Å². The molecular formula is C23H32N6S. The first-order valence-electron chi connectivity index (χ1n) is 10.7. The molecule has 160 valence electrons. The molecular weight excluding hydrogens is 392 g/mol. The third-order valence-electron chi connectivity index (χ3n) is 4.96. The largest absolute Gasteiger partial charge is 0.355 e. The average Bonchev–Trinajstić information content (AvgIpc) is 3.44. The summed E-state index contributed by atoms with van der Waals surface area (Å²) in [6.07, 6.45) is 5.76. The predicted molar refractivity (Wildman–Crippen MR) is 125 cm³/mol. The van der Waals surface area contributed by atoms with Gasteiger partial charge in [-0.1, -0.05) is 43.3 Å². The van der Waals surface area contributed by atoms with Crippen molar-refractivity contribution in [3.05, 3.63) is 70.4 Å². The van der Waals surface area contributed by atoms with Crippen LogP contribution in [0.5, 0.6) is 0 Å². The lowest BCUT2D eigenvalue weighted by molar-refractivity contribution is 0.580. The van der Waals surface area contributed by atoms with Crippen molar-refractivity contribution in [3.8, 4) is 0 Å². The van der Waals surface area contributed by atoms with E-state index in [4.69, 9.17) is 4.99 Å². The van der Waals surface area contributed by atoms with E-state index < -0.39 is 0 Å². The number of aliphatic imine (C=N–C) groups is 1. The Labute approximate surface area is 183 Å². The van der Waals surface area contributed by atoms with Crippen molar-refractivity contribution in [2.24, 2.45) is 4.99 Å². The Morgan fingerprint density at radius 2 is 2.03 bits per heavy atom. The molecule has 0 aliphatic carbocycles. The highest BCUT2D eigenvalue weighted by Gasteiger charge is 2.07. The highest BCUT2D eigenvalue weighted by Crippen LogP contribution is 2.09. The van der Waals surface area contributed by atoms with Crippen molar-refractivity contribution in [1.82, 2.24) is 25.4 Å². The van der Waals surface area contributed by atoms with Crippen molar-refractivity contribution in [2.75, 3.05) is 13.1 Å². The summed E-state index contributed by atoms with van der Waals surface area (Å²) in [5.41, 5.74) is 1.37. The highest BCUT2D eigenvalue weighted by molar-refractivity contribution is 7.09. The minimum absolute atomic E-state index is 0.333. The molecule has 2 heterocycles. The second-order valence-electron chi connectivity index (χ2n) is 7.35. The third kappa shape index (κ3) is 7.30. The van der Waals surface area contributed by atoms with Gasteiger partial charge in [0.25, 0.3) is 0 Å². The summed E-state index contributed by atoms with van der Waals surface area (Å²) in [4.78, 5) is 6.18. The highest BCUT2D eigenvalue weighted by atomic mass is 32.1. The van der Waals surface area contributed by atoms with Gasteiger partial charge >= 0.3 is 0 Å². The lowest BCUT2D eigenvalue weighted by atomic mass is 10.1. The molecule has 0 spiro atoms. The van der Waals surface area contributed by atoms with Crippen molar-refractivity contribution in [2.45, 2.75) is 52.1 Å². The Morgan fingerprint density at radius 1 is 1.17 bits per heavy atom. The van der Waals surface area contributed by atoms with Gasteiger partial charge in [0, 0.05) is 43.4 Å². The molecule has 3 aromatic rings. The van der Waals surface area contributed by atoms with Crippen molar-refractivity contribution >= 4 is 17.3 Å². The summed E-state index contributed by atoms with van der Waals surface area (Å²) >= 11 is 1.79. The number of benzene rings is 1. The van der Waals surface area contributed by atoms with Gasteiger partial charge in [-0.25, -0.2) is 0 Å². The van der Waals surface area contributed by atoms with Crippen LogP contribution in [0.3, 0.4) is 0 Å². The molecule has 0 saturated carbocycles. The van der Waals surface area contributed by atoms with Gasteiger partial charge in [-0.3, -0.25) is 4.99 Å². The Kier molecular flexibility index (Phi) is 8.90. The van der Waals surface area contributed by atoms with Crippen LogP contribution in [-0.2, 0) is 25.8 Å². The number of rotatable bonds is 11. The number of thiophene rings is 1. The van der Waals surface area contributed by atoms with E-state index in [0.717, 1.165) is 57.1 Å². The van der Waals surface area contributed by atoms with E-state index in [1.807, 2.05) is 0 Å². The van der Waals surface area contributed by atoms with Crippen LogP contribution < -0.4 is 10.6 Å². The molecule has 0 aliphatic heterocycles. The first kappa shape index (κ1) is 22.0. The number of aromatic nitrogens is 3. The topological polar surface area (TPSA) is 67.1 Å². The van der Waals surface area contributed by atoms with E-state index in [-0.39, 0.29) is 0 Å². The fourth-order valence-electron chi connectivity index (χ4n) is 3.25. The fraction of sp³-hybridized carbons (Fsp3) is 0.435. The lowest BCUT2D eigenvalue weighted by Gasteiger charge is -2.19. The summed E-state index contributed by atoms with van der Waals surface area (Å²) in [5.74, 6) is 1.88. The number of hydrogen-bond donors (Lipinski definition) is 2. The number of nitrogens with zero attached hydrogens (tertiary/aromatic N) is 4. The molecule has 7 heteroatoms. The molecule has 0 bridgehead atoms. The maximum atomic E-state index is 4.82. The standard InChI is InChI=1S/C23H32N6S/c1-3-22-28-26-18-29(22)16-15-25-23(24-14-13-21-10-7-17-30-21)27-19(2)11-12-20-8-5-4-6-9-20/h4-10,17-19H,3,11-16H2,1-2H3,(H2,24,25,27). The summed E-state index contributed by atoms with van der Waals surface area (Å²) in [7, 11) is 0. The maximum Gasteiger partial charge on any atom is 0.191 e. The zero-order valence-electron chi connectivity index (χ0n) is 17.9. The smallest absolute Gasteiger partial charge is 0.191 e. The molecule has 1 unspecified atom stereocenters. The maximum absolute atomic E-state index is 4.82. The second kappa shape index (κ2) is 12.1. The van der Waals surface area contributed by atoms with Gasteiger partial charge in [-0.15, -0.1) is 21.5 Å². The summed E-state index contributed by atoms with van der Waals surface area (Å²) in [6.45, 7) is 6.69. The quantitative estimate of drug-likeness (QED) is 0.364. The van der Waals surface area contributed by atoms with E-state index in [0.29, 0.717) is 6.04 Å². The van der Waals surface area contributed by atoms with Crippen LogP contribution in [0.4, 0.5) is 0 Å². The first-order valence-corrected chi connectivity index (χ1v) is 11.6. The molecule has 3 rings (SSSR count). The number of hydrogen-bond acceptors (Lipinski definition) is 4. The van der Waals surface area contributed by atoms with Crippen LogP contribution in [-0.4, -0.2) is 39.9 Å². The Hall–Kier alpha value is -2.67. The van der Waals surface area contributed by atoms with Gasteiger partial charge in [-0.2, -0.15) is 0 Å². The van der Waals surface area contributed by atoms with Gasteiger partial charge in [0.1, 0.15) is 12.2 Å². The van der Waals surface area contributed by atoms with E-state index in [1.54, 1.807) is 17.7 Å². The Morgan fingerprint density at radius 3 is 2.80 bits per heavy atom. The van der Waals surface area contributed by atoms with Crippen LogP contribution in [0.25, 0.3) is 0 Å². The Balaban J connectivity index is 1.52. The molecule has 1 aromatic carbocycles. The summed E-state index contributed by atoms with van der Waals surface area (Å²) in [5, 5.41) is 17.3. The SMILES string of the molecule is CCc1nncn1CCNC(=NCCc1cccs1)NC(C)CCc1ccccc1. The minimum Gasteiger partial charge on any atom is -0.355 e. The number of nitrogens with one attached hydrogen (secondary N) is 2. The molecule has 2 N–H and O–H groups in total. The van der Waals surface area contributed by atoms with E-state index >= 15 is 0 Å². The van der Waals surface area contributed by atoms with E-state index in [9.17, 15) is 0 Å². The number of guanidine groups is 1. The molecule has 1 atom stereocenters. The average molecular weight is 425 g/mol. The van der Waals surface area contributed by atoms with Gasteiger partial charge in [0.15, 0.2) is 5.96 Å². The Bertz CT molecular complexity index is 872. The first-order chi connectivity index (χ1) is 14.7. The molecule has 0 radical (unpaired) electrons. The zero-order valence-corrected chi connectivity index (χ0v) is 18.7. The molecule has 6 nitrogen and oxygen atoms in total. The van der Waals surface area contributed by atoms with Gasteiger partial charge < -0.3 is 15.2 Å². The van der Waals surface area contributed by atoms with Gasteiger partial charge in [0.05, 0.1) is 0 Å². The third-order valence-corrected chi connectivity index (χ3v) is 5.89. The minimum atomic E-state index is 0.333. The monoisotopic (exact) mass is 424 g/mol. The normalized spacial score (nSPS) is 12.7. The number of aryl methyl sites for hydroxylation is 2. The lowest BCUT2D eigenvalue weighted by Crippen LogP contribution is -2.43.